The summed E-state index contributed by atoms with van der Waals surface area (Å²) < 4.78 is 4.98. The lowest BCUT2D eigenvalue weighted by Gasteiger charge is -2.04. The van der Waals surface area contributed by atoms with E-state index >= 15 is 0 Å². The lowest BCUT2D eigenvalue weighted by Crippen LogP contribution is -2.20. The van der Waals surface area contributed by atoms with Crippen molar-refractivity contribution in [3.63, 3.8) is 0 Å². The summed E-state index contributed by atoms with van der Waals surface area (Å²) in [4.78, 5) is 2.94. The first-order valence-electron chi connectivity index (χ1n) is 6.49. The van der Waals surface area contributed by atoms with Crippen molar-refractivity contribution >= 4 is 11.3 Å². The van der Waals surface area contributed by atoms with E-state index in [-0.39, 0.29) is 0 Å². The molecule has 0 atom stereocenters. The minimum atomic E-state index is 0.813. The number of aryl methyl sites for hydroxylation is 3. The average Bonchev–Trinajstić information content (AvgIpc) is 2.61. The van der Waals surface area contributed by atoms with Crippen LogP contribution in [-0.2, 0) is 11.2 Å². The molecule has 0 amide bonds. The Balaban J connectivity index is 1.99. The third kappa shape index (κ3) is 6.20. The van der Waals surface area contributed by atoms with E-state index in [0.717, 1.165) is 19.7 Å². The van der Waals surface area contributed by atoms with Gasteiger partial charge in [-0.2, -0.15) is 0 Å². The minimum absolute atomic E-state index is 0.813. The smallest absolute Gasteiger partial charge is 0.0587 e. The lowest BCUT2D eigenvalue weighted by molar-refractivity contribution is 0.199. The van der Waals surface area contributed by atoms with E-state index in [0.29, 0.717) is 0 Å². The maximum absolute atomic E-state index is 4.98. The number of nitrogens with one attached hydrogen (secondary N) is 1. The quantitative estimate of drug-likeness (QED) is 0.684. The van der Waals surface area contributed by atoms with Crippen molar-refractivity contribution in [1.29, 1.82) is 0 Å². The van der Waals surface area contributed by atoms with Gasteiger partial charge in [0.1, 0.15) is 0 Å². The van der Waals surface area contributed by atoms with E-state index in [1.54, 1.807) is 12.7 Å². The second-order valence-corrected chi connectivity index (χ2v) is 5.95. The summed E-state index contributed by atoms with van der Waals surface area (Å²) in [6.45, 7) is 7.33. The van der Waals surface area contributed by atoms with Crippen LogP contribution in [0.25, 0.3) is 0 Å². The molecule has 1 heterocycles. The van der Waals surface area contributed by atoms with Gasteiger partial charge in [-0.25, -0.2) is 0 Å². The monoisotopic (exact) mass is 255 g/mol. The van der Waals surface area contributed by atoms with Gasteiger partial charge < -0.3 is 10.1 Å². The van der Waals surface area contributed by atoms with Crippen LogP contribution in [0.5, 0.6) is 0 Å². The van der Waals surface area contributed by atoms with E-state index in [4.69, 9.17) is 4.74 Å². The van der Waals surface area contributed by atoms with Crippen molar-refractivity contribution in [2.45, 2.75) is 39.5 Å². The van der Waals surface area contributed by atoms with Gasteiger partial charge in [0.25, 0.3) is 0 Å². The van der Waals surface area contributed by atoms with Gasteiger partial charge in [-0.05, 0) is 51.3 Å². The first-order valence-corrected chi connectivity index (χ1v) is 7.31. The second kappa shape index (κ2) is 8.67. The molecule has 0 aromatic carbocycles. The topological polar surface area (TPSA) is 21.3 Å². The van der Waals surface area contributed by atoms with Gasteiger partial charge in [0.05, 0.1) is 6.61 Å². The van der Waals surface area contributed by atoms with Crippen LogP contribution in [0.15, 0.2) is 6.07 Å². The minimum Gasteiger partial charge on any atom is -0.383 e. The zero-order valence-corrected chi connectivity index (χ0v) is 12.2. The largest absolute Gasteiger partial charge is 0.383 e. The van der Waals surface area contributed by atoms with Crippen molar-refractivity contribution in [3.05, 3.63) is 21.4 Å². The van der Waals surface area contributed by atoms with Crippen molar-refractivity contribution in [3.8, 4) is 0 Å². The maximum Gasteiger partial charge on any atom is 0.0587 e. The van der Waals surface area contributed by atoms with Crippen LogP contribution in [0.2, 0.25) is 0 Å². The number of hydrogen-bond acceptors (Lipinski definition) is 3. The SMILES string of the molecule is COCCNCCCCCc1cc(C)sc1C. The molecule has 0 bridgehead atoms. The summed E-state index contributed by atoms with van der Waals surface area (Å²) in [5.41, 5.74) is 1.56. The highest BCUT2D eigenvalue weighted by Crippen LogP contribution is 2.22. The van der Waals surface area contributed by atoms with Crippen LogP contribution in [0.4, 0.5) is 0 Å². The van der Waals surface area contributed by atoms with Gasteiger partial charge in [-0.15, -0.1) is 11.3 Å². The highest BCUT2D eigenvalue weighted by Gasteiger charge is 2.01. The first kappa shape index (κ1) is 14.7. The molecule has 1 rings (SSSR count). The number of thiophene rings is 1. The lowest BCUT2D eigenvalue weighted by atomic mass is 10.1. The fourth-order valence-electron chi connectivity index (χ4n) is 1.97. The van der Waals surface area contributed by atoms with Gasteiger partial charge in [-0.3, -0.25) is 0 Å². The predicted molar refractivity (Wildman–Crippen MR) is 76.1 cm³/mol. The van der Waals surface area contributed by atoms with Gasteiger partial charge in [-0.1, -0.05) is 6.42 Å². The fourth-order valence-corrected chi connectivity index (χ4v) is 2.95. The molecule has 2 nitrogen and oxygen atoms in total. The number of hydrogen-bond donors (Lipinski definition) is 1. The second-order valence-electron chi connectivity index (χ2n) is 4.49. The molecule has 98 valence electrons. The summed E-state index contributed by atoms with van der Waals surface area (Å²) in [7, 11) is 1.74. The average molecular weight is 255 g/mol. The molecule has 0 saturated carbocycles. The highest BCUT2D eigenvalue weighted by atomic mass is 32.1. The van der Waals surface area contributed by atoms with E-state index < -0.39 is 0 Å². The summed E-state index contributed by atoms with van der Waals surface area (Å²) in [5.74, 6) is 0. The summed E-state index contributed by atoms with van der Waals surface area (Å²) >= 11 is 1.92. The van der Waals surface area contributed by atoms with Crippen LogP contribution in [0, 0.1) is 13.8 Å². The van der Waals surface area contributed by atoms with Crippen LogP contribution < -0.4 is 5.32 Å². The predicted octanol–water partition coefficient (Wildman–Crippen LogP) is 3.31. The van der Waals surface area contributed by atoms with Gasteiger partial charge in [0, 0.05) is 23.4 Å². The van der Waals surface area contributed by atoms with Crippen LogP contribution >= 0.6 is 11.3 Å². The zero-order chi connectivity index (χ0) is 12.5. The highest BCUT2D eigenvalue weighted by molar-refractivity contribution is 7.12. The molecule has 17 heavy (non-hydrogen) atoms. The van der Waals surface area contributed by atoms with Gasteiger partial charge in [0.15, 0.2) is 0 Å². The van der Waals surface area contributed by atoms with Crippen molar-refractivity contribution in [1.82, 2.24) is 5.32 Å². The molecular weight excluding hydrogens is 230 g/mol. The Bertz CT molecular complexity index is 309. The summed E-state index contributed by atoms with van der Waals surface area (Å²) in [6, 6.07) is 2.34. The van der Waals surface area contributed by atoms with E-state index in [2.05, 4.69) is 25.2 Å². The van der Waals surface area contributed by atoms with Crippen molar-refractivity contribution in [2.75, 3.05) is 26.8 Å². The number of ether oxygens (including phenoxy) is 1. The number of methoxy groups -OCH3 is 1. The fraction of sp³-hybridized carbons (Fsp3) is 0.714. The Hall–Kier alpha value is -0.380. The molecule has 1 N–H and O–H groups in total. The molecule has 0 radical (unpaired) electrons. The molecule has 0 unspecified atom stereocenters. The third-order valence-corrected chi connectivity index (χ3v) is 3.93. The van der Waals surface area contributed by atoms with Crippen LogP contribution in [0.3, 0.4) is 0 Å². The van der Waals surface area contributed by atoms with Crippen molar-refractivity contribution in [2.24, 2.45) is 0 Å². The summed E-state index contributed by atoms with van der Waals surface area (Å²) in [6.07, 6.45) is 5.14. The zero-order valence-electron chi connectivity index (χ0n) is 11.3. The number of rotatable bonds is 9. The molecule has 0 saturated heterocycles. The normalized spacial score (nSPS) is 11.0. The van der Waals surface area contributed by atoms with Gasteiger partial charge >= 0.3 is 0 Å². The Kier molecular flexibility index (Phi) is 7.49. The molecule has 3 heteroatoms. The summed E-state index contributed by atoms with van der Waals surface area (Å²) in [5, 5.41) is 3.38. The maximum atomic E-state index is 4.98. The van der Waals surface area contributed by atoms with E-state index in [1.165, 1.54) is 35.4 Å². The van der Waals surface area contributed by atoms with E-state index in [9.17, 15) is 0 Å². The Morgan fingerprint density at radius 2 is 2.00 bits per heavy atom. The van der Waals surface area contributed by atoms with E-state index in [1.807, 2.05) is 11.3 Å². The molecule has 0 aliphatic carbocycles. The standard InChI is InChI=1S/C14H25NOS/c1-12-11-14(13(2)17-12)7-5-4-6-8-15-9-10-16-3/h11,15H,4-10H2,1-3H3. The molecule has 0 aliphatic heterocycles. The van der Waals surface area contributed by atoms with Crippen LogP contribution in [-0.4, -0.2) is 26.8 Å². The Morgan fingerprint density at radius 1 is 1.18 bits per heavy atom. The molecule has 0 aliphatic rings. The Labute approximate surface area is 109 Å². The molecule has 1 aromatic heterocycles. The molecule has 1 aromatic rings. The molecule has 0 fully saturated rings. The third-order valence-electron chi connectivity index (χ3n) is 2.93. The van der Waals surface area contributed by atoms with Gasteiger partial charge in [0.2, 0.25) is 0 Å². The van der Waals surface area contributed by atoms with Crippen LogP contribution in [0.1, 0.15) is 34.6 Å². The molecular formula is C14H25NOS. The number of unbranched alkanes of at least 4 members (excludes halogenated alkanes) is 2. The first-order chi connectivity index (χ1) is 8.24. The molecule has 0 spiro atoms. The van der Waals surface area contributed by atoms with Crippen molar-refractivity contribution < 1.29 is 4.74 Å². The Morgan fingerprint density at radius 3 is 2.65 bits per heavy atom.